The van der Waals surface area contributed by atoms with Crippen molar-refractivity contribution in [3.8, 4) is 17.2 Å². The molecule has 2 aromatic carbocycles. The van der Waals surface area contributed by atoms with Crippen LogP contribution in [0.3, 0.4) is 0 Å². The number of nitrogens with zero attached hydrogens (tertiary/aromatic N) is 3. The highest BCUT2D eigenvalue weighted by Gasteiger charge is 2.33. The van der Waals surface area contributed by atoms with E-state index in [1.807, 2.05) is 18.2 Å². The molecule has 0 atom stereocenters. The molecule has 9 heteroatoms. The standard InChI is InChI=1S/C26H32N4O5/c1-33-22-8-5-4-7-21(22)29-15-13-28(14-16-29)11-6-12-30-25(31)20(27-26(30)32)17-19-9-10-23(34-2)24(18-19)35-3/h4-5,7-10,17-18H,6,11-16H2,1-3H3,(H,27,32)/b20-17+. The van der Waals surface area contributed by atoms with Gasteiger partial charge in [0.1, 0.15) is 11.4 Å². The molecular formula is C26H32N4O5. The summed E-state index contributed by atoms with van der Waals surface area (Å²) in [5, 5.41) is 2.69. The van der Waals surface area contributed by atoms with Crippen molar-refractivity contribution < 1.29 is 23.8 Å². The monoisotopic (exact) mass is 480 g/mol. The molecule has 2 heterocycles. The summed E-state index contributed by atoms with van der Waals surface area (Å²) >= 11 is 0. The second kappa shape index (κ2) is 11.1. The number of piperazine rings is 1. The van der Waals surface area contributed by atoms with E-state index >= 15 is 0 Å². The molecular weight excluding hydrogens is 448 g/mol. The van der Waals surface area contributed by atoms with E-state index in [2.05, 4.69) is 21.2 Å². The summed E-state index contributed by atoms with van der Waals surface area (Å²) in [6.45, 7) is 4.85. The summed E-state index contributed by atoms with van der Waals surface area (Å²) < 4.78 is 16.0. The van der Waals surface area contributed by atoms with Crippen LogP contribution in [0.15, 0.2) is 48.2 Å². The van der Waals surface area contributed by atoms with Crippen molar-refractivity contribution in [2.75, 3.05) is 65.5 Å². The third-order valence-corrected chi connectivity index (χ3v) is 6.34. The lowest BCUT2D eigenvalue weighted by atomic mass is 10.1. The molecule has 2 fully saturated rings. The van der Waals surface area contributed by atoms with E-state index in [1.165, 1.54) is 4.90 Å². The molecule has 3 amide bonds. The van der Waals surface area contributed by atoms with Gasteiger partial charge in [0.25, 0.3) is 5.91 Å². The normalized spacial score (nSPS) is 17.6. The zero-order valence-corrected chi connectivity index (χ0v) is 20.5. The number of imide groups is 1. The van der Waals surface area contributed by atoms with E-state index in [1.54, 1.807) is 45.6 Å². The summed E-state index contributed by atoms with van der Waals surface area (Å²) in [6, 6.07) is 13.0. The molecule has 9 nitrogen and oxygen atoms in total. The molecule has 1 N–H and O–H groups in total. The fourth-order valence-electron chi connectivity index (χ4n) is 4.44. The van der Waals surface area contributed by atoms with Gasteiger partial charge in [-0.2, -0.15) is 0 Å². The van der Waals surface area contributed by atoms with Crippen LogP contribution < -0.4 is 24.4 Å². The molecule has 0 radical (unpaired) electrons. The molecule has 186 valence electrons. The quantitative estimate of drug-likeness (QED) is 0.437. The highest BCUT2D eigenvalue weighted by molar-refractivity contribution is 6.14. The summed E-state index contributed by atoms with van der Waals surface area (Å²) in [6.07, 6.45) is 2.37. The minimum absolute atomic E-state index is 0.257. The molecule has 2 aliphatic heterocycles. The number of anilines is 1. The molecule has 2 aliphatic rings. The topological polar surface area (TPSA) is 83.6 Å². The van der Waals surface area contributed by atoms with Crippen LogP contribution in [0.5, 0.6) is 17.2 Å². The molecule has 0 spiro atoms. The van der Waals surface area contributed by atoms with Gasteiger partial charge in [0.15, 0.2) is 11.5 Å². The Morgan fingerprint density at radius 2 is 1.57 bits per heavy atom. The minimum Gasteiger partial charge on any atom is -0.495 e. The summed E-state index contributed by atoms with van der Waals surface area (Å²) in [7, 11) is 4.81. The average Bonchev–Trinajstić information content (AvgIpc) is 3.16. The summed E-state index contributed by atoms with van der Waals surface area (Å²) in [5.74, 6) is 1.73. The highest BCUT2D eigenvalue weighted by atomic mass is 16.5. The van der Waals surface area contributed by atoms with E-state index in [0.29, 0.717) is 18.0 Å². The van der Waals surface area contributed by atoms with Gasteiger partial charge >= 0.3 is 6.03 Å². The van der Waals surface area contributed by atoms with Crippen molar-refractivity contribution in [3.05, 3.63) is 53.7 Å². The number of nitrogens with one attached hydrogen (secondary N) is 1. The Morgan fingerprint density at radius 3 is 2.29 bits per heavy atom. The predicted octanol–water partition coefficient (Wildman–Crippen LogP) is 2.82. The van der Waals surface area contributed by atoms with Crippen molar-refractivity contribution in [1.82, 2.24) is 15.1 Å². The maximum Gasteiger partial charge on any atom is 0.329 e. The number of benzene rings is 2. The number of amides is 3. The fraction of sp³-hybridized carbons (Fsp3) is 0.385. The third kappa shape index (κ3) is 5.51. The Hall–Kier alpha value is -3.72. The number of rotatable bonds is 9. The number of carbonyl (C=O) groups is 2. The molecule has 2 aromatic rings. The van der Waals surface area contributed by atoms with E-state index < -0.39 is 0 Å². The number of para-hydroxylation sites is 2. The van der Waals surface area contributed by atoms with Crippen molar-refractivity contribution in [2.24, 2.45) is 0 Å². The first-order valence-electron chi connectivity index (χ1n) is 11.7. The minimum atomic E-state index is -0.386. The van der Waals surface area contributed by atoms with Gasteiger partial charge in [-0.3, -0.25) is 14.6 Å². The second-order valence-corrected chi connectivity index (χ2v) is 8.41. The first kappa shape index (κ1) is 24.4. The van der Waals surface area contributed by atoms with Gasteiger partial charge in [0.05, 0.1) is 27.0 Å². The molecule has 0 aliphatic carbocycles. The fourth-order valence-corrected chi connectivity index (χ4v) is 4.44. The lowest BCUT2D eigenvalue weighted by Crippen LogP contribution is -2.47. The molecule has 35 heavy (non-hydrogen) atoms. The Morgan fingerprint density at radius 1 is 0.857 bits per heavy atom. The molecule has 4 rings (SSSR count). The number of ether oxygens (including phenoxy) is 3. The number of carbonyl (C=O) groups excluding carboxylic acids is 2. The lowest BCUT2D eigenvalue weighted by Gasteiger charge is -2.36. The largest absolute Gasteiger partial charge is 0.495 e. The van der Waals surface area contributed by atoms with Crippen LogP contribution in [0.2, 0.25) is 0 Å². The molecule has 0 saturated carbocycles. The van der Waals surface area contributed by atoms with Gasteiger partial charge in [-0.1, -0.05) is 18.2 Å². The smallest absolute Gasteiger partial charge is 0.329 e. The van der Waals surface area contributed by atoms with Gasteiger partial charge < -0.3 is 24.4 Å². The van der Waals surface area contributed by atoms with Crippen molar-refractivity contribution in [3.63, 3.8) is 0 Å². The average molecular weight is 481 g/mol. The summed E-state index contributed by atoms with van der Waals surface area (Å²) in [4.78, 5) is 31.2. The van der Waals surface area contributed by atoms with Crippen LogP contribution in [0.25, 0.3) is 6.08 Å². The number of hydrogen-bond donors (Lipinski definition) is 1. The van der Waals surface area contributed by atoms with Gasteiger partial charge in [0, 0.05) is 32.7 Å². The van der Waals surface area contributed by atoms with E-state index in [-0.39, 0.29) is 17.6 Å². The first-order valence-corrected chi connectivity index (χ1v) is 11.7. The number of hydrogen-bond acceptors (Lipinski definition) is 7. The Balaban J connectivity index is 1.28. The van der Waals surface area contributed by atoms with Crippen LogP contribution in [-0.4, -0.2) is 82.3 Å². The van der Waals surface area contributed by atoms with Gasteiger partial charge in [0.2, 0.25) is 0 Å². The molecule has 0 bridgehead atoms. The van der Waals surface area contributed by atoms with E-state index in [9.17, 15) is 9.59 Å². The maximum atomic E-state index is 12.8. The zero-order valence-electron chi connectivity index (χ0n) is 20.5. The molecule has 0 aromatic heterocycles. The van der Waals surface area contributed by atoms with E-state index in [0.717, 1.165) is 56.1 Å². The van der Waals surface area contributed by atoms with Crippen LogP contribution >= 0.6 is 0 Å². The van der Waals surface area contributed by atoms with Crippen LogP contribution in [0.4, 0.5) is 10.5 Å². The van der Waals surface area contributed by atoms with Crippen molar-refractivity contribution in [2.45, 2.75) is 6.42 Å². The SMILES string of the molecule is COc1ccc(/C=C2/NC(=O)N(CCCN3CCN(c4ccccc4OC)CC3)C2=O)cc1OC. The van der Waals surface area contributed by atoms with Crippen LogP contribution in [0, 0.1) is 0 Å². The number of methoxy groups -OCH3 is 3. The third-order valence-electron chi connectivity index (χ3n) is 6.34. The van der Waals surface area contributed by atoms with E-state index in [4.69, 9.17) is 14.2 Å². The Kier molecular flexibility index (Phi) is 7.77. The Bertz CT molecular complexity index is 1090. The van der Waals surface area contributed by atoms with Gasteiger partial charge in [-0.25, -0.2) is 4.79 Å². The molecule has 0 unspecified atom stereocenters. The summed E-state index contributed by atoms with van der Waals surface area (Å²) in [5.41, 5.74) is 2.11. The maximum absolute atomic E-state index is 12.8. The number of urea groups is 1. The van der Waals surface area contributed by atoms with Crippen molar-refractivity contribution >= 4 is 23.7 Å². The Labute approximate surface area is 205 Å². The highest BCUT2D eigenvalue weighted by Crippen LogP contribution is 2.29. The van der Waals surface area contributed by atoms with Crippen LogP contribution in [-0.2, 0) is 4.79 Å². The van der Waals surface area contributed by atoms with Crippen molar-refractivity contribution in [1.29, 1.82) is 0 Å². The first-order chi connectivity index (χ1) is 17.0. The van der Waals surface area contributed by atoms with Gasteiger partial charge in [-0.05, 0) is 48.9 Å². The molecule has 2 saturated heterocycles. The predicted molar refractivity (Wildman–Crippen MR) is 134 cm³/mol. The van der Waals surface area contributed by atoms with Crippen LogP contribution in [0.1, 0.15) is 12.0 Å². The van der Waals surface area contributed by atoms with Gasteiger partial charge in [-0.15, -0.1) is 0 Å². The lowest BCUT2D eigenvalue weighted by molar-refractivity contribution is -0.122. The zero-order chi connectivity index (χ0) is 24.8. The second-order valence-electron chi connectivity index (χ2n) is 8.41.